The summed E-state index contributed by atoms with van der Waals surface area (Å²) in [5, 5.41) is 0.589. The highest BCUT2D eigenvalue weighted by molar-refractivity contribution is 9.10. The van der Waals surface area contributed by atoms with Crippen molar-refractivity contribution in [2.24, 2.45) is 17.5 Å². The number of hydrogen-bond donors (Lipinski definition) is 1. The third-order valence-electron chi connectivity index (χ3n) is 6.83. The summed E-state index contributed by atoms with van der Waals surface area (Å²) in [5.74, 6) is -5.00. The maximum atomic E-state index is 13.8. The Kier molecular flexibility index (Phi) is 4.99. The van der Waals surface area contributed by atoms with E-state index < -0.39 is 54.9 Å². The van der Waals surface area contributed by atoms with Crippen LogP contribution in [0.5, 0.6) is 0 Å². The van der Waals surface area contributed by atoms with Gasteiger partial charge in [-0.05, 0) is 101 Å². The smallest absolute Gasteiger partial charge is 0.314 e. The number of rotatable bonds is 3. The minimum Gasteiger partial charge on any atom is -0.351 e. The predicted molar refractivity (Wildman–Crippen MR) is 148 cm³/mol. The number of piperidine rings is 2. The third-order valence-corrected chi connectivity index (χ3v) is 8.14. The van der Waals surface area contributed by atoms with Crippen LogP contribution < -0.4 is 5.73 Å². The number of halogens is 3. The number of nitrogens with two attached hydrogens (primary N) is 1. The largest absolute Gasteiger partial charge is 0.351 e. The number of fused-ring (bicyclic) bond motifs is 2. The van der Waals surface area contributed by atoms with Crippen LogP contribution in [0.15, 0.2) is 33.3 Å². The summed E-state index contributed by atoms with van der Waals surface area (Å²) >= 11 is 13.6. The first kappa shape index (κ1) is 16.4. The Labute approximate surface area is 248 Å². The molecule has 5 rings (SSSR count). The number of benzene rings is 1. The lowest BCUT2D eigenvalue weighted by Crippen LogP contribution is -2.44. The third kappa shape index (κ3) is 5.46. The lowest BCUT2D eigenvalue weighted by molar-refractivity contribution is -0.134. The van der Waals surface area contributed by atoms with Gasteiger partial charge in [-0.1, -0.05) is 27.5 Å². The molecule has 2 aliphatic heterocycles. The van der Waals surface area contributed by atoms with E-state index in [-0.39, 0.29) is 24.9 Å². The summed E-state index contributed by atoms with van der Waals surface area (Å²) in [6.45, 7) is -7.23. The van der Waals surface area contributed by atoms with Crippen LogP contribution in [0.25, 0.3) is 0 Å². The molecular weight excluding hydrogens is 610 g/mol. The van der Waals surface area contributed by atoms with Crippen LogP contribution in [0.1, 0.15) is 74.0 Å². The van der Waals surface area contributed by atoms with E-state index in [4.69, 9.17) is 36.0 Å². The van der Waals surface area contributed by atoms with Gasteiger partial charge in [-0.15, -0.1) is 0 Å². The molecule has 2 atom stereocenters. The number of carbonyl (C=O) groups is 2. The molecule has 0 saturated carbocycles. The fraction of sp³-hybridized carbons (Fsp3) is 0.519. The lowest BCUT2D eigenvalue weighted by atomic mass is 9.76. The molecule has 3 aliphatic rings. The minimum absolute atomic E-state index is 0.0418. The van der Waals surface area contributed by atoms with Crippen molar-refractivity contribution in [3.63, 3.8) is 0 Å². The van der Waals surface area contributed by atoms with Crippen molar-refractivity contribution in [2.45, 2.75) is 50.7 Å². The molecule has 2 aromatic rings. The Bertz CT molecular complexity index is 1560. The summed E-state index contributed by atoms with van der Waals surface area (Å²) in [4.78, 5) is 31.4. The van der Waals surface area contributed by atoms with Gasteiger partial charge in [0, 0.05) is 72.3 Å². The second kappa shape index (κ2) is 11.0. The number of aryl methyl sites for hydroxylation is 2. The Morgan fingerprint density at radius 2 is 1.83 bits per heavy atom. The van der Waals surface area contributed by atoms with Crippen molar-refractivity contribution in [3.05, 3.63) is 60.7 Å². The average molecular weight is 651 g/mol. The quantitative estimate of drug-likeness (QED) is 0.332. The van der Waals surface area contributed by atoms with Crippen molar-refractivity contribution in [1.29, 1.82) is 0 Å². The standard InChI is InChI=1S/C27H31Br2ClN4O2/c28-20-12-19-2-1-18-13-21(30)14-22(29)24(18)25(26(19)32-15-20)17-5-9-33(10-6-17)23(35)11-16-3-7-34(8-4-16)27(31)36/h12-17,25H,1-11H2,(H2,31,36)/t25-/m1/s1/i3D2,4D2,7D2,8D2,11D,16D,27+1,31+1/t11?,25-. The number of pyridine rings is 1. The van der Waals surface area contributed by atoms with E-state index in [1.165, 1.54) is 4.90 Å². The van der Waals surface area contributed by atoms with Gasteiger partial charge in [-0.3, -0.25) is 9.78 Å². The molecule has 3 heterocycles. The normalized spacial score (nSPS) is 32.5. The van der Waals surface area contributed by atoms with Crippen LogP contribution in [0, 0.1) is 11.8 Å². The number of aromatic nitrogens is 1. The Morgan fingerprint density at radius 1 is 1.14 bits per heavy atom. The zero-order chi connectivity index (χ0) is 34.4. The molecule has 3 amide bonds. The van der Waals surface area contributed by atoms with Gasteiger partial charge in [0.15, 0.2) is 0 Å². The van der Waals surface area contributed by atoms with Crippen molar-refractivity contribution in [1.82, 2.24) is 14.8 Å². The number of hydrogen-bond acceptors (Lipinski definition) is 3. The fourth-order valence-electron chi connectivity index (χ4n) is 5.17. The summed E-state index contributed by atoms with van der Waals surface area (Å²) in [6, 6.07) is 4.01. The van der Waals surface area contributed by atoms with Crippen LogP contribution in [0.3, 0.4) is 0 Å². The van der Waals surface area contributed by atoms with Gasteiger partial charge in [0.2, 0.25) is 5.91 Å². The molecule has 0 bridgehead atoms. The zero-order valence-electron chi connectivity index (χ0n) is 29.2. The predicted octanol–water partition coefficient (Wildman–Crippen LogP) is 5.91. The van der Waals surface area contributed by atoms with Crippen molar-refractivity contribution >= 4 is 55.4 Å². The number of nitrogens with zero attached hydrogens (tertiary/aromatic N) is 3. The molecule has 192 valence electrons. The van der Waals surface area contributed by atoms with Gasteiger partial charge in [0.1, 0.15) is 0 Å². The number of amides is 3. The SMILES string of the molecule is [2H]C(C(=O)N1CCC([C@H]2c3ncc(Br)cc3CCc3cc(Cl)cc(Br)c32)CC1)C1([2H])C([2H])([2H])C([2H])([2H])N([13C]([15NH2])=O)C([2H])([2H])C1([2H])[2H]. The molecular formula is C27H31Br2ClN4O2. The van der Waals surface area contributed by atoms with Gasteiger partial charge in [-0.25, -0.2) is 4.79 Å². The highest BCUT2D eigenvalue weighted by Gasteiger charge is 2.36. The van der Waals surface area contributed by atoms with Crippen molar-refractivity contribution in [3.8, 4) is 0 Å². The van der Waals surface area contributed by atoms with E-state index in [0.717, 1.165) is 44.2 Å². The van der Waals surface area contributed by atoms with E-state index in [0.29, 0.717) is 17.9 Å². The van der Waals surface area contributed by atoms with E-state index in [2.05, 4.69) is 31.9 Å². The molecule has 36 heavy (non-hydrogen) atoms. The molecule has 1 aliphatic carbocycles. The molecule has 1 aromatic heterocycles. The van der Waals surface area contributed by atoms with Gasteiger partial charge < -0.3 is 15.5 Å². The lowest BCUT2D eigenvalue weighted by Gasteiger charge is -2.38. The van der Waals surface area contributed by atoms with E-state index in [1.807, 2.05) is 18.2 Å². The fourth-order valence-corrected chi connectivity index (χ4v) is 6.67. The Hall–Kier alpha value is -1.64. The molecule has 0 radical (unpaired) electrons. The summed E-state index contributed by atoms with van der Waals surface area (Å²) in [5.41, 5.74) is 9.21. The molecule has 2 fully saturated rings. The van der Waals surface area contributed by atoms with Crippen LogP contribution in [-0.4, -0.2) is 52.8 Å². The maximum absolute atomic E-state index is 13.8. The first-order valence-corrected chi connectivity index (χ1v) is 13.5. The van der Waals surface area contributed by atoms with Crippen LogP contribution in [-0.2, 0) is 17.6 Å². The maximum Gasteiger partial charge on any atom is 0.314 e. The number of likely N-dealkylation sites (tertiary alicyclic amines) is 2. The number of urea groups is 1. The molecule has 1 unspecified atom stereocenters. The Morgan fingerprint density at radius 3 is 2.53 bits per heavy atom. The van der Waals surface area contributed by atoms with E-state index in [1.54, 1.807) is 6.20 Å². The molecule has 1 aromatic carbocycles. The van der Waals surface area contributed by atoms with E-state index >= 15 is 0 Å². The number of primary amides is 1. The second-order valence-electron chi connectivity index (χ2n) is 9.00. The summed E-state index contributed by atoms with van der Waals surface area (Å²) < 4.78 is 86.3. The summed E-state index contributed by atoms with van der Waals surface area (Å²) in [7, 11) is 0. The second-order valence-corrected chi connectivity index (χ2v) is 11.2. The van der Waals surface area contributed by atoms with Gasteiger partial charge in [0.25, 0.3) is 0 Å². The molecule has 0 spiro atoms. The van der Waals surface area contributed by atoms with Crippen LogP contribution in [0.4, 0.5) is 4.79 Å². The van der Waals surface area contributed by atoms with Gasteiger partial charge in [0.05, 0.1) is 5.69 Å². The van der Waals surface area contributed by atoms with Crippen LogP contribution >= 0.6 is 43.5 Å². The molecule has 9 heteroatoms. The van der Waals surface area contributed by atoms with E-state index in [9.17, 15) is 9.59 Å². The average Bonchev–Trinajstić information content (AvgIpc) is 3.11. The molecule has 2 N–H and O–H groups in total. The van der Waals surface area contributed by atoms with Crippen molar-refractivity contribution in [2.75, 3.05) is 26.1 Å². The monoisotopic (exact) mass is 648 g/mol. The van der Waals surface area contributed by atoms with Gasteiger partial charge >= 0.3 is 6.03 Å². The number of carbonyl (C=O) groups excluding carboxylic acids is 2. The highest BCUT2D eigenvalue weighted by Crippen LogP contribution is 2.46. The molecule has 2 saturated heterocycles. The zero-order valence-corrected chi connectivity index (χ0v) is 23.1. The summed E-state index contributed by atoms with van der Waals surface area (Å²) in [6.07, 6.45) is -6.05. The molecule has 6 nitrogen and oxygen atoms in total. The first-order valence-electron chi connectivity index (χ1n) is 16.6. The topological polar surface area (TPSA) is 79.5 Å². The van der Waals surface area contributed by atoms with Crippen molar-refractivity contribution < 1.29 is 23.3 Å². The first-order chi connectivity index (χ1) is 21.1. The van der Waals surface area contributed by atoms with Crippen LogP contribution in [0.2, 0.25) is 5.02 Å². The minimum atomic E-state index is -3.74. The Balaban J connectivity index is 1.46. The van der Waals surface area contributed by atoms with Gasteiger partial charge in [-0.2, -0.15) is 0 Å². The highest BCUT2D eigenvalue weighted by atomic mass is 79.9.